The van der Waals surface area contributed by atoms with Crippen LogP contribution in [0.1, 0.15) is 110 Å². The number of unbranched alkanes of at least 4 members (excludes halogenated alkanes) is 2. The van der Waals surface area contributed by atoms with Crippen molar-refractivity contribution in [3.05, 3.63) is 69.7 Å². The second-order valence-corrected chi connectivity index (χ2v) is 10.7. The monoisotopic (exact) mass is 544 g/mol. The Hall–Kier alpha value is -1.74. The van der Waals surface area contributed by atoms with Crippen molar-refractivity contribution in [1.29, 1.82) is 0 Å². The van der Waals surface area contributed by atoms with E-state index in [0.717, 1.165) is 16.5 Å². The van der Waals surface area contributed by atoms with Crippen LogP contribution in [0.4, 0.5) is 0 Å². The lowest BCUT2D eigenvalue weighted by atomic mass is 9.90. The van der Waals surface area contributed by atoms with Crippen LogP contribution >= 0.6 is 15.9 Å². The van der Waals surface area contributed by atoms with Crippen molar-refractivity contribution in [1.82, 2.24) is 0 Å². The SMILES string of the molecule is CCC(=O)C(C)C.CCCCc1ccc(Br)cc1.CCCCc1ccc(C(C)C(=O)C(C)C)cc1. The van der Waals surface area contributed by atoms with E-state index in [-0.39, 0.29) is 17.8 Å². The van der Waals surface area contributed by atoms with Crippen molar-refractivity contribution in [3.63, 3.8) is 0 Å². The normalized spacial score (nSPS) is 11.3. The van der Waals surface area contributed by atoms with Crippen molar-refractivity contribution in [3.8, 4) is 0 Å². The summed E-state index contributed by atoms with van der Waals surface area (Å²) in [4.78, 5) is 22.4. The second kappa shape index (κ2) is 19.4. The van der Waals surface area contributed by atoms with Crippen LogP contribution < -0.4 is 0 Å². The zero-order valence-electron chi connectivity index (χ0n) is 23.5. The summed E-state index contributed by atoms with van der Waals surface area (Å²) in [6.45, 7) is 16.1. The molecule has 1 atom stereocenters. The van der Waals surface area contributed by atoms with Crippen molar-refractivity contribution in [2.45, 2.75) is 106 Å². The van der Waals surface area contributed by atoms with E-state index in [1.165, 1.54) is 43.2 Å². The summed E-state index contributed by atoms with van der Waals surface area (Å²) in [5.74, 6) is 1.04. The minimum atomic E-state index is 0.0234. The predicted molar refractivity (Wildman–Crippen MR) is 156 cm³/mol. The zero-order chi connectivity index (χ0) is 26.8. The lowest BCUT2D eigenvalue weighted by Crippen LogP contribution is -2.15. The van der Waals surface area contributed by atoms with Crippen molar-refractivity contribution >= 4 is 27.5 Å². The van der Waals surface area contributed by atoms with Gasteiger partial charge >= 0.3 is 0 Å². The molecule has 2 aromatic rings. The Bertz CT molecular complexity index is 820. The molecule has 0 saturated carbocycles. The number of Topliss-reactive ketones (excluding diaryl/α,β-unsaturated/α-hetero) is 2. The standard InChI is InChI=1S/C16H24O.C10H13Br.C6H12O/c1-5-6-7-14-8-10-15(11-9-14)13(4)16(17)12(2)3;1-2-3-4-9-5-7-10(11)8-6-9;1-4-6(7)5(2)3/h8-13H,5-7H2,1-4H3;5-8H,2-4H2,1H3;5H,4H2,1-3H3. The third-order valence-corrected chi connectivity index (χ3v) is 6.55. The molecular formula is C32H49BrO2. The van der Waals surface area contributed by atoms with Gasteiger partial charge in [0.05, 0.1) is 0 Å². The van der Waals surface area contributed by atoms with Gasteiger partial charge in [-0.15, -0.1) is 0 Å². The van der Waals surface area contributed by atoms with Gasteiger partial charge < -0.3 is 0 Å². The van der Waals surface area contributed by atoms with E-state index >= 15 is 0 Å². The van der Waals surface area contributed by atoms with Gasteiger partial charge in [-0.1, -0.05) is 121 Å². The van der Waals surface area contributed by atoms with Crippen LogP contribution in [0.5, 0.6) is 0 Å². The largest absolute Gasteiger partial charge is 0.299 e. The minimum Gasteiger partial charge on any atom is -0.299 e. The second-order valence-electron chi connectivity index (χ2n) is 9.83. The molecule has 0 heterocycles. The molecule has 0 aliphatic heterocycles. The number of carbonyl (C=O) groups excluding carboxylic acids is 2. The van der Waals surface area contributed by atoms with Crippen molar-refractivity contribution in [2.75, 3.05) is 0 Å². The van der Waals surface area contributed by atoms with E-state index in [4.69, 9.17) is 0 Å². The average Bonchev–Trinajstić information content (AvgIpc) is 2.86. The highest BCUT2D eigenvalue weighted by Crippen LogP contribution is 2.21. The molecule has 1 unspecified atom stereocenters. The predicted octanol–water partition coefficient (Wildman–Crippen LogP) is 9.77. The smallest absolute Gasteiger partial charge is 0.142 e. The van der Waals surface area contributed by atoms with E-state index in [0.29, 0.717) is 18.0 Å². The van der Waals surface area contributed by atoms with E-state index in [9.17, 15) is 9.59 Å². The first-order valence-corrected chi connectivity index (χ1v) is 14.3. The molecule has 0 aromatic heterocycles. The van der Waals surface area contributed by atoms with Crippen LogP contribution in [0.15, 0.2) is 53.0 Å². The number of ketones is 2. The summed E-state index contributed by atoms with van der Waals surface area (Å²) in [6.07, 6.45) is 8.06. The Morgan fingerprint density at radius 1 is 0.686 bits per heavy atom. The lowest BCUT2D eigenvalue weighted by Gasteiger charge is -2.13. The molecule has 0 fully saturated rings. The Kier molecular flexibility index (Phi) is 18.5. The average molecular weight is 546 g/mol. The van der Waals surface area contributed by atoms with Crippen LogP contribution in [0.3, 0.4) is 0 Å². The highest BCUT2D eigenvalue weighted by Gasteiger charge is 2.17. The van der Waals surface area contributed by atoms with Gasteiger partial charge in [0.1, 0.15) is 11.6 Å². The molecule has 0 N–H and O–H groups in total. The number of rotatable bonds is 11. The fraction of sp³-hybridized carbons (Fsp3) is 0.562. The van der Waals surface area contributed by atoms with Crippen LogP contribution in [0.25, 0.3) is 0 Å². The van der Waals surface area contributed by atoms with Crippen molar-refractivity contribution in [2.24, 2.45) is 11.8 Å². The third kappa shape index (κ3) is 15.1. The van der Waals surface area contributed by atoms with Gasteiger partial charge in [-0.2, -0.15) is 0 Å². The van der Waals surface area contributed by atoms with Gasteiger partial charge in [0.15, 0.2) is 0 Å². The van der Waals surface area contributed by atoms with Crippen LogP contribution in [-0.2, 0) is 22.4 Å². The molecule has 0 aliphatic carbocycles. The fourth-order valence-electron chi connectivity index (χ4n) is 3.46. The van der Waals surface area contributed by atoms with Crippen LogP contribution in [0, 0.1) is 11.8 Å². The highest BCUT2D eigenvalue weighted by atomic mass is 79.9. The molecule has 2 nitrogen and oxygen atoms in total. The van der Waals surface area contributed by atoms with Gasteiger partial charge in [0.25, 0.3) is 0 Å². The fourth-order valence-corrected chi connectivity index (χ4v) is 3.72. The van der Waals surface area contributed by atoms with Gasteiger partial charge in [-0.25, -0.2) is 0 Å². The highest BCUT2D eigenvalue weighted by molar-refractivity contribution is 9.10. The number of benzene rings is 2. The topological polar surface area (TPSA) is 34.1 Å². The summed E-state index contributed by atoms with van der Waals surface area (Å²) >= 11 is 3.41. The zero-order valence-corrected chi connectivity index (χ0v) is 25.1. The number of halogens is 1. The Morgan fingerprint density at radius 2 is 1.11 bits per heavy atom. The van der Waals surface area contributed by atoms with Crippen LogP contribution in [-0.4, -0.2) is 11.6 Å². The molecule has 2 rings (SSSR count). The summed E-state index contributed by atoms with van der Waals surface area (Å²) in [7, 11) is 0. The number of carbonyl (C=O) groups is 2. The van der Waals surface area contributed by atoms with E-state index < -0.39 is 0 Å². The molecule has 0 aliphatic rings. The first-order valence-electron chi connectivity index (χ1n) is 13.5. The molecule has 0 bridgehead atoms. The molecule has 2 aromatic carbocycles. The molecule has 0 spiro atoms. The summed E-state index contributed by atoms with van der Waals surface area (Å²) in [6, 6.07) is 17.1. The molecule has 0 saturated heterocycles. The van der Waals surface area contributed by atoms with E-state index in [1.807, 2.05) is 41.5 Å². The van der Waals surface area contributed by atoms with Crippen LogP contribution in [0.2, 0.25) is 0 Å². The maximum Gasteiger partial charge on any atom is 0.142 e. The lowest BCUT2D eigenvalue weighted by molar-refractivity contribution is -0.123. The molecular weight excluding hydrogens is 496 g/mol. The first-order chi connectivity index (χ1) is 16.6. The number of hydrogen-bond acceptors (Lipinski definition) is 2. The Balaban J connectivity index is 0.000000550. The Labute approximate surface area is 224 Å². The summed E-state index contributed by atoms with van der Waals surface area (Å²) in [5.41, 5.74) is 3.96. The Morgan fingerprint density at radius 3 is 1.43 bits per heavy atom. The van der Waals surface area contributed by atoms with Crippen molar-refractivity contribution < 1.29 is 9.59 Å². The van der Waals surface area contributed by atoms with Gasteiger partial charge in [0.2, 0.25) is 0 Å². The minimum absolute atomic E-state index is 0.0234. The summed E-state index contributed by atoms with van der Waals surface area (Å²) in [5, 5.41) is 0. The van der Waals surface area contributed by atoms with E-state index in [1.54, 1.807) is 0 Å². The molecule has 0 amide bonds. The molecule has 0 radical (unpaired) electrons. The molecule has 3 heteroatoms. The molecule has 35 heavy (non-hydrogen) atoms. The first kappa shape index (κ1) is 33.3. The maximum atomic E-state index is 11.9. The van der Waals surface area contributed by atoms with Gasteiger partial charge in [-0.3, -0.25) is 9.59 Å². The number of aryl methyl sites for hydroxylation is 2. The number of hydrogen-bond donors (Lipinski definition) is 0. The molecule has 196 valence electrons. The third-order valence-electron chi connectivity index (χ3n) is 6.02. The van der Waals surface area contributed by atoms with E-state index in [2.05, 4.69) is 78.3 Å². The van der Waals surface area contributed by atoms with Gasteiger partial charge in [0, 0.05) is 28.6 Å². The summed E-state index contributed by atoms with van der Waals surface area (Å²) < 4.78 is 1.16. The maximum absolute atomic E-state index is 11.9. The van der Waals surface area contributed by atoms with Gasteiger partial charge in [-0.05, 0) is 54.5 Å². The quantitative estimate of drug-likeness (QED) is 0.282.